The molecule has 0 radical (unpaired) electrons. The Bertz CT molecular complexity index is 2670. The molecule has 0 spiro atoms. The molecule has 0 bridgehead atoms. The van der Waals surface area contributed by atoms with E-state index in [0.29, 0.717) is 81.9 Å². The number of nitrogens with one attached hydrogen (secondary N) is 4. The van der Waals surface area contributed by atoms with Crippen LogP contribution in [0.3, 0.4) is 0 Å². The van der Waals surface area contributed by atoms with Gasteiger partial charge in [-0.1, -0.05) is 33.8 Å². The van der Waals surface area contributed by atoms with Gasteiger partial charge in [-0.2, -0.15) is 0 Å². The molecule has 17 nitrogen and oxygen atoms in total. The first-order chi connectivity index (χ1) is 28.9. The molecule has 0 saturated carbocycles. The van der Waals surface area contributed by atoms with Gasteiger partial charge < -0.3 is 48.7 Å². The Balaban J connectivity index is 1.04. The van der Waals surface area contributed by atoms with E-state index in [1.807, 2.05) is 52.0 Å². The number of hydrogen-bond acceptors (Lipinski definition) is 11. The van der Waals surface area contributed by atoms with Crippen molar-refractivity contribution in [3.8, 4) is 22.5 Å². The minimum Gasteiger partial charge on any atom is -0.455 e. The average molecular weight is 821 g/mol. The zero-order valence-corrected chi connectivity index (χ0v) is 34.3. The molecule has 4 aromatic heterocycles. The normalized spacial score (nSPS) is 17.9. The number of carbonyl (C=O) groups excluding carboxylic acids is 4. The van der Waals surface area contributed by atoms with E-state index in [2.05, 4.69) is 30.6 Å². The number of H-pyrrole nitrogens is 2. The molecule has 2 aliphatic rings. The summed E-state index contributed by atoms with van der Waals surface area (Å²) in [4.78, 5) is 84.5. The summed E-state index contributed by atoms with van der Waals surface area (Å²) < 4.78 is 21.7. The average Bonchev–Trinajstić information content (AvgIpc) is 4.09. The number of furan rings is 1. The molecular formula is C43H48N8O9. The lowest BCUT2D eigenvalue weighted by Crippen LogP contribution is -2.51. The van der Waals surface area contributed by atoms with Crippen molar-refractivity contribution in [1.82, 2.24) is 40.4 Å². The third kappa shape index (κ3) is 7.32. The van der Waals surface area contributed by atoms with Crippen LogP contribution in [-0.4, -0.2) is 93.1 Å². The molecule has 2 unspecified atom stereocenters. The molecule has 17 heteroatoms. The fourth-order valence-electron chi connectivity index (χ4n) is 8.46. The van der Waals surface area contributed by atoms with Gasteiger partial charge in [0.05, 0.1) is 55.5 Å². The number of nitrogens with zero attached hydrogens (tertiary/aromatic N) is 4. The number of fused-ring (bicyclic) bond motifs is 5. The highest BCUT2D eigenvalue weighted by Gasteiger charge is 2.39. The van der Waals surface area contributed by atoms with Crippen LogP contribution in [0.2, 0.25) is 0 Å². The van der Waals surface area contributed by atoms with Crippen molar-refractivity contribution < 1.29 is 37.5 Å². The van der Waals surface area contributed by atoms with E-state index < -0.39 is 29.9 Å². The minimum atomic E-state index is -0.745. The topological polar surface area (TPSA) is 218 Å². The Kier molecular flexibility index (Phi) is 10.8. The molecule has 6 heterocycles. The number of likely N-dealkylation sites (tertiary alicyclic amines) is 2. The SMILES string of the molecule is COC(=O)NC(C(=O)N1CCC[C@H]1c1ncc(-c2ccc3oc4c5ccc(-c6cnc(C7CCCN7C(=O)[C@@H](NC(=O)OC)C(C)C)[nH]6)cc5oc(=O)c4c3c2)[nH]1)C(C)C. The van der Waals surface area contributed by atoms with Gasteiger partial charge in [-0.3, -0.25) is 9.59 Å². The minimum absolute atomic E-state index is 0.153. The van der Waals surface area contributed by atoms with E-state index in [4.69, 9.17) is 18.3 Å². The van der Waals surface area contributed by atoms with Crippen LogP contribution in [0, 0.1) is 11.8 Å². The number of amides is 4. The predicted molar refractivity (Wildman–Crippen MR) is 221 cm³/mol. The number of aromatic nitrogens is 4. The van der Waals surface area contributed by atoms with Crippen LogP contribution < -0.4 is 16.3 Å². The van der Waals surface area contributed by atoms with Crippen LogP contribution in [0.1, 0.15) is 77.1 Å². The largest absolute Gasteiger partial charge is 0.455 e. The molecule has 4 atom stereocenters. The van der Waals surface area contributed by atoms with Crippen molar-refractivity contribution in [2.75, 3.05) is 27.3 Å². The molecule has 6 aromatic rings. The van der Waals surface area contributed by atoms with Crippen molar-refractivity contribution in [1.29, 1.82) is 0 Å². The second kappa shape index (κ2) is 16.2. The summed E-state index contributed by atoms with van der Waals surface area (Å²) in [5, 5.41) is 6.86. The maximum Gasteiger partial charge on any atom is 0.407 e. The summed E-state index contributed by atoms with van der Waals surface area (Å²) in [6.07, 6.45) is 5.07. The third-order valence-electron chi connectivity index (χ3n) is 11.6. The van der Waals surface area contributed by atoms with Gasteiger partial charge in [0.15, 0.2) is 5.58 Å². The first kappa shape index (κ1) is 40.1. The number of ether oxygens (including phenoxy) is 2. The monoisotopic (exact) mass is 820 g/mol. The Hall–Kier alpha value is -6.65. The van der Waals surface area contributed by atoms with Crippen molar-refractivity contribution in [2.24, 2.45) is 11.8 Å². The number of hydrogen-bond donors (Lipinski definition) is 4. The van der Waals surface area contributed by atoms with Crippen molar-refractivity contribution in [3.63, 3.8) is 0 Å². The van der Waals surface area contributed by atoms with Crippen LogP contribution in [0.4, 0.5) is 9.59 Å². The molecule has 0 aliphatic carbocycles. The van der Waals surface area contributed by atoms with E-state index in [1.54, 1.807) is 34.3 Å². The van der Waals surface area contributed by atoms with Gasteiger partial charge in [-0.15, -0.1) is 0 Å². The summed E-state index contributed by atoms with van der Waals surface area (Å²) >= 11 is 0. The van der Waals surface area contributed by atoms with Gasteiger partial charge in [0, 0.05) is 29.6 Å². The molecular weight excluding hydrogens is 773 g/mol. The fourth-order valence-corrected chi connectivity index (χ4v) is 8.46. The van der Waals surface area contributed by atoms with Gasteiger partial charge in [-0.05, 0) is 67.9 Å². The molecule has 2 aromatic carbocycles. The standard InChI is InChI=1S/C43H48N8O9/c1-21(2)34(48-42(55)57-5)39(52)50-15-7-9-29(50)37-44-19-27(46-37)23-12-14-31-26(17-23)33-36(59-31)25-13-11-24(18-32(25)60-41(33)54)28-20-45-38(47-28)30-10-8-16-51(30)40(53)35(22(3)4)49-43(56)58-6/h11-14,17-22,29-30,34-35H,7-10,15-16H2,1-6H3,(H,44,46)(H,45,47)(H,48,55)(H,49,56)/t29-,30?,34?,35-/m0/s1. The highest BCUT2D eigenvalue weighted by atomic mass is 16.5. The van der Waals surface area contributed by atoms with E-state index in [-0.39, 0.29) is 35.7 Å². The summed E-state index contributed by atoms with van der Waals surface area (Å²) in [5.74, 6) is 0.543. The quantitative estimate of drug-likeness (QED) is 0.109. The molecule has 314 valence electrons. The highest BCUT2D eigenvalue weighted by molar-refractivity contribution is 6.13. The van der Waals surface area contributed by atoms with Crippen molar-refractivity contribution in [3.05, 3.63) is 70.9 Å². The van der Waals surface area contributed by atoms with Crippen LogP contribution in [0.15, 0.2) is 62.4 Å². The number of imidazole rings is 2. The number of carbonyl (C=O) groups is 4. The van der Waals surface area contributed by atoms with Gasteiger partial charge in [-0.25, -0.2) is 24.4 Å². The number of rotatable bonds is 10. The second-order valence-electron chi connectivity index (χ2n) is 16.1. The molecule has 4 amide bonds. The lowest BCUT2D eigenvalue weighted by Gasteiger charge is -2.30. The molecule has 4 N–H and O–H groups in total. The third-order valence-corrected chi connectivity index (χ3v) is 11.6. The summed E-state index contributed by atoms with van der Waals surface area (Å²) in [6, 6.07) is 8.94. The number of methoxy groups -OCH3 is 2. The summed E-state index contributed by atoms with van der Waals surface area (Å²) in [5.41, 5.74) is 3.56. The predicted octanol–water partition coefficient (Wildman–Crippen LogP) is 6.56. The second-order valence-corrected chi connectivity index (χ2v) is 16.1. The van der Waals surface area contributed by atoms with Crippen LogP contribution in [0.5, 0.6) is 0 Å². The molecule has 2 aliphatic heterocycles. The summed E-state index contributed by atoms with van der Waals surface area (Å²) in [6.45, 7) is 8.55. The van der Waals surface area contributed by atoms with E-state index in [1.165, 1.54) is 14.2 Å². The molecule has 60 heavy (non-hydrogen) atoms. The number of benzene rings is 2. The van der Waals surface area contributed by atoms with Gasteiger partial charge >= 0.3 is 17.8 Å². The lowest BCUT2D eigenvalue weighted by molar-refractivity contribution is -0.136. The Morgan fingerprint density at radius 1 is 0.717 bits per heavy atom. The maximum atomic E-state index is 13.7. The van der Waals surface area contributed by atoms with Crippen LogP contribution in [0.25, 0.3) is 55.4 Å². The molecule has 2 saturated heterocycles. The van der Waals surface area contributed by atoms with Crippen LogP contribution in [-0.2, 0) is 19.1 Å². The molecule has 8 rings (SSSR count). The maximum absolute atomic E-state index is 13.7. The number of aromatic amines is 2. The zero-order valence-electron chi connectivity index (χ0n) is 34.3. The number of alkyl carbamates (subject to hydrolysis) is 2. The van der Waals surface area contributed by atoms with Crippen molar-refractivity contribution >= 4 is 56.9 Å². The first-order valence-corrected chi connectivity index (χ1v) is 20.2. The van der Waals surface area contributed by atoms with E-state index >= 15 is 0 Å². The van der Waals surface area contributed by atoms with E-state index in [9.17, 15) is 24.0 Å². The van der Waals surface area contributed by atoms with Gasteiger partial charge in [0.25, 0.3) is 0 Å². The van der Waals surface area contributed by atoms with Crippen molar-refractivity contribution in [2.45, 2.75) is 77.5 Å². The van der Waals surface area contributed by atoms with Gasteiger partial charge in [0.1, 0.15) is 40.3 Å². The Morgan fingerprint density at radius 3 is 1.75 bits per heavy atom. The zero-order chi connectivity index (χ0) is 42.4. The Morgan fingerprint density at radius 2 is 1.23 bits per heavy atom. The summed E-state index contributed by atoms with van der Waals surface area (Å²) in [7, 11) is 2.53. The first-order valence-electron chi connectivity index (χ1n) is 20.2. The Labute approximate surface area is 344 Å². The fraction of sp³-hybridized carbons (Fsp3) is 0.419. The van der Waals surface area contributed by atoms with E-state index in [0.717, 1.165) is 24.0 Å². The molecule has 2 fully saturated rings. The van der Waals surface area contributed by atoms with Gasteiger partial charge in [0.2, 0.25) is 11.8 Å². The smallest absolute Gasteiger partial charge is 0.407 e. The van der Waals surface area contributed by atoms with Crippen LogP contribution >= 0.6 is 0 Å². The highest BCUT2D eigenvalue weighted by Crippen LogP contribution is 2.38. The lowest BCUT2D eigenvalue weighted by atomic mass is 10.0.